The summed E-state index contributed by atoms with van der Waals surface area (Å²) in [5.74, 6) is -0.0315. The molecule has 1 amide bonds. The molecular formula is C15H25NO5. The molecule has 0 radical (unpaired) electrons. The van der Waals surface area contributed by atoms with Crippen molar-refractivity contribution in [2.75, 3.05) is 26.8 Å². The molecule has 1 aliphatic rings. The first-order chi connectivity index (χ1) is 9.81. The average molecular weight is 299 g/mol. The quantitative estimate of drug-likeness (QED) is 0.337. The molecule has 21 heavy (non-hydrogen) atoms. The monoisotopic (exact) mass is 299 g/mol. The predicted molar refractivity (Wildman–Crippen MR) is 77.6 cm³/mol. The molecule has 0 aromatic heterocycles. The van der Waals surface area contributed by atoms with Crippen LogP contribution in [0.1, 0.15) is 33.6 Å². The van der Waals surface area contributed by atoms with Crippen LogP contribution >= 0.6 is 0 Å². The van der Waals surface area contributed by atoms with Gasteiger partial charge in [0.25, 0.3) is 0 Å². The van der Waals surface area contributed by atoms with Gasteiger partial charge in [0.2, 0.25) is 0 Å². The molecule has 1 aliphatic heterocycles. The van der Waals surface area contributed by atoms with Crippen LogP contribution in [-0.4, -0.2) is 49.4 Å². The fourth-order valence-corrected chi connectivity index (χ4v) is 2.04. The van der Waals surface area contributed by atoms with Crippen LogP contribution in [0.3, 0.4) is 0 Å². The van der Waals surface area contributed by atoms with Crippen LogP contribution in [0.4, 0.5) is 4.79 Å². The Morgan fingerprint density at radius 2 is 2.05 bits per heavy atom. The zero-order valence-corrected chi connectivity index (χ0v) is 13.3. The van der Waals surface area contributed by atoms with Gasteiger partial charge in [0, 0.05) is 13.1 Å². The molecule has 0 N–H and O–H groups in total. The second kappa shape index (κ2) is 7.90. The van der Waals surface area contributed by atoms with Gasteiger partial charge in [-0.2, -0.15) is 0 Å². The van der Waals surface area contributed by atoms with Crippen molar-refractivity contribution in [2.24, 2.45) is 5.92 Å². The van der Waals surface area contributed by atoms with Crippen LogP contribution in [0.25, 0.3) is 0 Å². The zero-order chi connectivity index (χ0) is 15.9. The highest BCUT2D eigenvalue weighted by molar-refractivity contribution is 5.81. The minimum Gasteiger partial charge on any atom is -0.501 e. The van der Waals surface area contributed by atoms with E-state index in [1.54, 1.807) is 4.90 Å². The number of esters is 1. The van der Waals surface area contributed by atoms with Gasteiger partial charge in [-0.1, -0.05) is 0 Å². The predicted octanol–water partition coefficient (Wildman–Crippen LogP) is 2.34. The highest BCUT2D eigenvalue weighted by Gasteiger charge is 2.29. The Bertz CT molecular complexity index is 386. The molecule has 1 heterocycles. The standard InChI is InChI=1S/C15H25NO5/c1-15(2,3)21-14(18)16-8-5-12(11-16)6-9-20-10-7-13(17)19-4/h7,10,12H,5-6,8-9,11H2,1-4H3. The minimum atomic E-state index is -0.461. The van der Waals surface area contributed by atoms with Crippen molar-refractivity contribution in [2.45, 2.75) is 39.2 Å². The number of carbonyl (C=O) groups excluding carboxylic acids is 2. The van der Waals surface area contributed by atoms with Gasteiger partial charge in [-0.25, -0.2) is 9.59 Å². The molecule has 0 aromatic rings. The lowest BCUT2D eigenvalue weighted by Crippen LogP contribution is -2.35. The fourth-order valence-electron chi connectivity index (χ4n) is 2.04. The van der Waals surface area contributed by atoms with E-state index in [1.807, 2.05) is 20.8 Å². The summed E-state index contributed by atoms with van der Waals surface area (Å²) >= 11 is 0. The first-order valence-corrected chi connectivity index (χ1v) is 7.16. The lowest BCUT2D eigenvalue weighted by Gasteiger charge is -2.24. The van der Waals surface area contributed by atoms with E-state index in [0.29, 0.717) is 19.1 Å². The number of carbonyl (C=O) groups is 2. The molecule has 0 spiro atoms. The summed E-state index contributed by atoms with van der Waals surface area (Å²) in [6.07, 6.45) is 4.11. The topological polar surface area (TPSA) is 65.1 Å². The van der Waals surface area contributed by atoms with Gasteiger partial charge in [-0.3, -0.25) is 0 Å². The van der Waals surface area contributed by atoms with E-state index in [4.69, 9.17) is 9.47 Å². The molecule has 1 rings (SSSR count). The van der Waals surface area contributed by atoms with Crippen LogP contribution in [-0.2, 0) is 19.0 Å². The summed E-state index contributed by atoms with van der Waals surface area (Å²) in [4.78, 5) is 24.5. The third kappa shape index (κ3) is 7.02. The Hall–Kier alpha value is -1.72. The number of nitrogens with zero attached hydrogens (tertiary/aromatic N) is 1. The van der Waals surface area contributed by atoms with E-state index in [-0.39, 0.29) is 6.09 Å². The average Bonchev–Trinajstić information content (AvgIpc) is 2.85. The molecule has 1 atom stereocenters. The van der Waals surface area contributed by atoms with Gasteiger partial charge in [-0.15, -0.1) is 0 Å². The number of ether oxygens (including phenoxy) is 3. The second-order valence-electron chi connectivity index (χ2n) is 6.07. The summed E-state index contributed by atoms with van der Waals surface area (Å²) < 4.78 is 15.0. The highest BCUT2D eigenvalue weighted by Crippen LogP contribution is 2.21. The normalized spacial score (nSPS) is 18.9. The lowest BCUT2D eigenvalue weighted by atomic mass is 10.1. The molecule has 6 heteroatoms. The largest absolute Gasteiger partial charge is 0.501 e. The Balaban J connectivity index is 2.21. The maximum Gasteiger partial charge on any atom is 0.410 e. The van der Waals surface area contributed by atoms with Gasteiger partial charge in [0.15, 0.2) is 0 Å². The molecule has 6 nitrogen and oxygen atoms in total. The highest BCUT2D eigenvalue weighted by atomic mass is 16.6. The minimum absolute atomic E-state index is 0.253. The van der Waals surface area contributed by atoms with Gasteiger partial charge in [0.1, 0.15) is 5.60 Å². The number of methoxy groups -OCH3 is 1. The Labute approximate surface area is 126 Å². The molecule has 0 saturated carbocycles. The summed E-state index contributed by atoms with van der Waals surface area (Å²) in [5.41, 5.74) is -0.461. The zero-order valence-electron chi connectivity index (χ0n) is 13.3. The smallest absolute Gasteiger partial charge is 0.410 e. The third-order valence-electron chi connectivity index (χ3n) is 3.08. The lowest BCUT2D eigenvalue weighted by molar-refractivity contribution is -0.135. The van der Waals surface area contributed by atoms with Crippen LogP contribution in [0.2, 0.25) is 0 Å². The maximum atomic E-state index is 11.9. The number of likely N-dealkylation sites (tertiary alicyclic amines) is 1. The molecule has 0 bridgehead atoms. The number of amides is 1. The SMILES string of the molecule is COC(=O)C=COCCC1CCN(C(=O)OC(C)(C)C)C1. The molecule has 1 saturated heterocycles. The third-order valence-corrected chi connectivity index (χ3v) is 3.08. The van der Waals surface area contributed by atoms with Crippen molar-refractivity contribution in [3.63, 3.8) is 0 Å². The van der Waals surface area contributed by atoms with E-state index in [1.165, 1.54) is 19.4 Å². The van der Waals surface area contributed by atoms with Crippen molar-refractivity contribution >= 4 is 12.1 Å². The van der Waals surface area contributed by atoms with E-state index >= 15 is 0 Å². The molecule has 1 unspecified atom stereocenters. The van der Waals surface area contributed by atoms with E-state index in [9.17, 15) is 9.59 Å². The van der Waals surface area contributed by atoms with Crippen LogP contribution in [0.5, 0.6) is 0 Å². The molecule has 0 aliphatic carbocycles. The van der Waals surface area contributed by atoms with Crippen molar-refractivity contribution in [3.05, 3.63) is 12.3 Å². The second-order valence-corrected chi connectivity index (χ2v) is 6.07. The maximum absolute atomic E-state index is 11.9. The molecule has 120 valence electrons. The van der Waals surface area contributed by atoms with E-state index in [2.05, 4.69) is 4.74 Å². The number of hydrogen-bond acceptors (Lipinski definition) is 5. The molecule has 0 aromatic carbocycles. The first-order valence-electron chi connectivity index (χ1n) is 7.16. The van der Waals surface area contributed by atoms with Crippen LogP contribution in [0.15, 0.2) is 12.3 Å². The van der Waals surface area contributed by atoms with E-state index < -0.39 is 11.6 Å². The summed E-state index contributed by atoms with van der Waals surface area (Å²) in [6.45, 7) is 7.51. The van der Waals surface area contributed by atoms with Crippen molar-refractivity contribution < 1.29 is 23.8 Å². The summed E-state index contributed by atoms with van der Waals surface area (Å²) in [6, 6.07) is 0. The van der Waals surface area contributed by atoms with Crippen LogP contribution in [0, 0.1) is 5.92 Å². The fraction of sp³-hybridized carbons (Fsp3) is 0.733. The van der Waals surface area contributed by atoms with Crippen molar-refractivity contribution in [1.29, 1.82) is 0 Å². The van der Waals surface area contributed by atoms with E-state index in [0.717, 1.165) is 19.4 Å². The Kier molecular flexibility index (Phi) is 6.52. The summed E-state index contributed by atoms with van der Waals surface area (Å²) in [7, 11) is 1.32. The van der Waals surface area contributed by atoms with Gasteiger partial charge in [0.05, 0.1) is 26.1 Å². The molecular weight excluding hydrogens is 274 g/mol. The summed E-state index contributed by atoms with van der Waals surface area (Å²) in [5, 5.41) is 0. The number of rotatable bonds is 5. The first kappa shape index (κ1) is 17.3. The van der Waals surface area contributed by atoms with Crippen molar-refractivity contribution in [1.82, 2.24) is 4.90 Å². The van der Waals surface area contributed by atoms with Gasteiger partial charge < -0.3 is 19.1 Å². The van der Waals surface area contributed by atoms with Crippen LogP contribution < -0.4 is 0 Å². The Morgan fingerprint density at radius 1 is 1.33 bits per heavy atom. The molecule has 1 fully saturated rings. The van der Waals surface area contributed by atoms with Crippen molar-refractivity contribution in [3.8, 4) is 0 Å². The van der Waals surface area contributed by atoms with Gasteiger partial charge in [-0.05, 0) is 39.5 Å². The van der Waals surface area contributed by atoms with Gasteiger partial charge >= 0.3 is 12.1 Å². The number of hydrogen-bond donors (Lipinski definition) is 0. The Morgan fingerprint density at radius 3 is 2.67 bits per heavy atom.